The molecule has 1 aromatic carbocycles. The molecule has 14 heavy (non-hydrogen) atoms. The topological polar surface area (TPSA) is 9.23 Å². The molecular weight excluding hydrogens is 192 g/mol. The van der Waals surface area contributed by atoms with Crippen molar-refractivity contribution in [2.45, 2.75) is 32.6 Å². The fourth-order valence-corrected chi connectivity index (χ4v) is 1.57. The van der Waals surface area contributed by atoms with Crippen molar-refractivity contribution in [1.29, 1.82) is 0 Å². The van der Waals surface area contributed by atoms with Gasteiger partial charge in [-0.05, 0) is 29.5 Å². The largest absolute Gasteiger partial charge is 0.426 e. The first kappa shape index (κ1) is 11.4. The van der Waals surface area contributed by atoms with Gasteiger partial charge in [0.1, 0.15) is 5.75 Å². The van der Waals surface area contributed by atoms with E-state index in [9.17, 15) is 0 Å². The average molecular weight is 210 g/mol. The first-order valence-electron chi connectivity index (χ1n) is 4.91. The molecule has 0 N–H and O–H groups in total. The SMILES string of the molecule is CCC(C)(C)c1ccc(OSC)cc1. The maximum absolute atomic E-state index is 5.32. The molecule has 0 saturated heterocycles. The van der Waals surface area contributed by atoms with Crippen molar-refractivity contribution in [1.82, 2.24) is 0 Å². The van der Waals surface area contributed by atoms with Crippen LogP contribution in [0.4, 0.5) is 0 Å². The Bertz CT molecular complexity index is 277. The fraction of sp³-hybridized carbons (Fsp3) is 0.500. The first-order chi connectivity index (χ1) is 6.60. The van der Waals surface area contributed by atoms with E-state index in [1.807, 2.05) is 18.4 Å². The number of hydrogen-bond donors (Lipinski definition) is 0. The summed E-state index contributed by atoms with van der Waals surface area (Å²) in [5.41, 5.74) is 1.63. The molecule has 1 nitrogen and oxygen atoms in total. The Morgan fingerprint density at radius 2 is 1.79 bits per heavy atom. The van der Waals surface area contributed by atoms with Gasteiger partial charge in [-0.1, -0.05) is 32.9 Å². The molecule has 78 valence electrons. The van der Waals surface area contributed by atoms with Crippen molar-refractivity contribution in [3.63, 3.8) is 0 Å². The molecule has 0 aliphatic carbocycles. The first-order valence-corrected chi connectivity index (χ1v) is 6.06. The Hall–Kier alpha value is -0.630. The summed E-state index contributed by atoms with van der Waals surface area (Å²) >= 11 is 1.37. The average Bonchev–Trinajstić information content (AvgIpc) is 2.19. The van der Waals surface area contributed by atoms with Crippen LogP contribution in [-0.2, 0) is 5.41 Å². The van der Waals surface area contributed by atoms with E-state index in [0.717, 1.165) is 12.2 Å². The summed E-state index contributed by atoms with van der Waals surface area (Å²) < 4.78 is 5.32. The summed E-state index contributed by atoms with van der Waals surface area (Å²) in [7, 11) is 0. The van der Waals surface area contributed by atoms with Crippen LogP contribution in [0.1, 0.15) is 32.8 Å². The Morgan fingerprint density at radius 3 is 2.21 bits per heavy atom. The van der Waals surface area contributed by atoms with Gasteiger partial charge in [0.15, 0.2) is 0 Å². The maximum Gasteiger partial charge on any atom is 0.137 e. The lowest BCUT2D eigenvalue weighted by Gasteiger charge is -2.23. The van der Waals surface area contributed by atoms with Gasteiger partial charge in [-0.2, -0.15) is 0 Å². The van der Waals surface area contributed by atoms with Crippen molar-refractivity contribution in [3.8, 4) is 5.75 Å². The molecule has 0 radical (unpaired) electrons. The summed E-state index contributed by atoms with van der Waals surface area (Å²) in [6.07, 6.45) is 3.07. The van der Waals surface area contributed by atoms with E-state index < -0.39 is 0 Å². The summed E-state index contributed by atoms with van der Waals surface area (Å²) in [4.78, 5) is 0. The number of benzene rings is 1. The zero-order valence-electron chi connectivity index (χ0n) is 9.33. The van der Waals surface area contributed by atoms with Crippen molar-refractivity contribution in [3.05, 3.63) is 29.8 Å². The third kappa shape index (κ3) is 2.68. The molecule has 0 spiro atoms. The molecule has 0 fully saturated rings. The van der Waals surface area contributed by atoms with Gasteiger partial charge >= 0.3 is 0 Å². The third-order valence-electron chi connectivity index (χ3n) is 2.70. The number of hydrogen-bond acceptors (Lipinski definition) is 2. The highest BCUT2D eigenvalue weighted by Crippen LogP contribution is 2.28. The summed E-state index contributed by atoms with van der Waals surface area (Å²) in [6.45, 7) is 6.74. The Kier molecular flexibility index (Phi) is 3.87. The molecule has 1 aromatic rings. The Morgan fingerprint density at radius 1 is 1.21 bits per heavy atom. The van der Waals surface area contributed by atoms with Crippen LogP contribution in [-0.4, -0.2) is 6.26 Å². The summed E-state index contributed by atoms with van der Waals surface area (Å²) in [6, 6.07) is 8.36. The van der Waals surface area contributed by atoms with Gasteiger partial charge < -0.3 is 4.18 Å². The van der Waals surface area contributed by atoms with E-state index in [-0.39, 0.29) is 5.41 Å². The minimum Gasteiger partial charge on any atom is -0.426 e. The molecule has 0 saturated carbocycles. The smallest absolute Gasteiger partial charge is 0.137 e. The lowest BCUT2D eigenvalue weighted by atomic mass is 9.82. The van der Waals surface area contributed by atoms with Gasteiger partial charge in [-0.15, -0.1) is 0 Å². The standard InChI is InChI=1S/C12H18OS/c1-5-12(2,3)10-6-8-11(9-7-10)13-14-4/h6-9H,5H2,1-4H3. The van der Waals surface area contributed by atoms with Crippen LogP contribution in [0.25, 0.3) is 0 Å². The van der Waals surface area contributed by atoms with Gasteiger partial charge in [-0.3, -0.25) is 0 Å². The normalized spacial score (nSPS) is 11.4. The van der Waals surface area contributed by atoms with E-state index in [2.05, 4.69) is 32.9 Å². The quantitative estimate of drug-likeness (QED) is 0.694. The monoisotopic (exact) mass is 210 g/mol. The molecular formula is C12H18OS. The highest BCUT2D eigenvalue weighted by Gasteiger charge is 2.17. The molecule has 0 aliphatic heterocycles. The fourth-order valence-electron chi connectivity index (χ4n) is 1.26. The Labute approximate surface area is 91.1 Å². The molecule has 0 amide bonds. The van der Waals surface area contributed by atoms with Gasteiger partial charge in [0, 0.05) is 6.26 Å². The molecule has 0 atom stereocenters. The van der Waals surface area contributed by atoms with Crippen molar-refractivity contribution >= 4 is 12.0 Å². The van der Waals surface area contributed by atoms with Crippen molar-refractivity contribution in [2.24, 2.45) is 0 Å². The summed E-state index contributed by atoms with van der Waals surface area (Å²) in [5.74, 6) is 0.924. The van der Waals surface area contributed by atoms with Gasteiger partial charge in [0.25, 0.3) is 0 Å². The van der Waals surface area contributed by atoms with E-state index in [4.69, 9.17) is 4.18 Å². The van der Waals surface area contributed by atoms with Crippen LogP contribution in [0, 0.1) is 0 Å². The molecule has 0 aliphatic rings. The zero-order valence-corrected chi connectivity index (χ0v) is 10.1. The van der Waals surface area contributed by atoms with Crippen LogP contribution >= 0.6 is 12.0 Å². The van der Waals surface area contributed by atoms with Crippen LogP contribution < -0.4 is 4.18 Å². The second-order valence-corrected chi connectivity index (χ2v) is 4.51. The minimum atomic E-state index is 0.262. The number of rotatable bonds is 4. The van der Waals surface area contributed by atoms with Crippen LogP contribution in [0.3, 0.4) is 0 Å². The minimum absolute atomic E-state index is 0.262. The predicted molar refractivity (Wildman–Crippen MR) is 63.9 cm³/mol. The maximum atomic E-state index is 5.32. The van der Waals surface area contributed by atoms with Crippen molar-refractivity contribution < 1.29 is 4.18 Å². The van der Waals surface area contributed by atoms with Crippen LogP contribution in [0.5, 0.6) is 5.75 Å². The van der Waals surface area contributed by atoms with E-state index >= 15 is 0 Å². The molecule has 0 aromatic heterocycles. The molecule has 2 heteroatoms. The second-order valence-electron chi connectivity index (χ2n) is 4.01. The molecule has 0 unspecified atom stereocenters. The second kappa shape index (κ2) is 4.74. The Balaban J connectivity index is 2.82. The molecule has 0 bridgehead atoms. The van der Waals surface area contributed by atoms with Gasteiger partial charge in [0.05, 0.1) is 12.0 Å². The highest BCUT2D eigenvalue weighted by atomic mass is 32.2. The van der Waals surface area contributed by atoms with Gasteiger partial charge in [0.2, 0.25) is 0 Å². The summed E-state index contributed by atoms with van der Waals surface area (Å²) in [5, 5.41) is 0. The predicted octanol–water partition coefficient (Wildman–Crippen LogP) is 4.03. The highest BCUT2D eigenvalue weighted by molar-refractivity contribution is 7.94. The van der Waals surface area contributed by atoms with Crippen molar-refractivity contribution in [2.75, 3.05) is 6.26 Å². The van der Waals surface area contributed by atoms with E-state index in [0.29, 0.717) is 0 Å². The lowest BCUT2D eigenvalue weighted by Crippen LogP contribution is -2.14. The third-order valence-corrected chi connectivity index (χ3v) is 3.06. The van der Waals surface area contributed by atoms with Crippen LogP contribution in [0.15, 0.2) is 24.3 Å². The van der Waals surface area contributed by atoms with Gasteiger partial charge in [-0.25, -0.2) is 0 Å². The lowest BCUT2D eigenvalue weighted by molar-refractivity contribution is 0.505. The van der Waals surface area contributed by atoms with E-state index in [1.165, 1.54) is 17.6 Å². The van der Waals surface area contributed by atoms with Crippen LogP contribution in [0.2, 0.25) is 0 Å². The van der Waals surface area contributed by atoms with E-state index in [1.54, 1.807) is 0 Å². The zero-order chi connectivity index (χ0) is 10.6. The molecule has 0 heterocycles. The molecule has 1 rings (SSSR count).